The van der Waals surface area contributed by atoms with E-state index in [-0.39, 0.29) is 0 Å². The van der Waals surface area contributed by atoms with Crippen LogP contribution in [0.2, 0.25) is 0 Å². The highest BCUT2D eigenvalue weighted by Gasteiger charge is 2.16. The van der Waals surface area contributed by atoms with Crippen molar-refractivity contribution < 1.29 is 0 Å². The molecule has 0 radical (unpaired) electrons. The zero-order valence-electron chi connectivity index (χ0n) is 12.5. The molecule has 4 heteroatoms. The Morgan fingerprint density at radius 3 is 2.90 bits per heavy atom. The molecule has 0 amide bonds. The number of nitrogens with one attached hydrogen (secondary N) is 1. The number of hydrogen-bond donors (Lipinski definition) is 1. The van der Waals surface area contributed by atoms with E-state index in [1.165, 1.54) is 31.6 Å². The van der Waals surface area contributed by atoms with Gasteiger partial charge in [-0.25, -0.2) is 4.98 Å². The molecule has 1 saturated heterocycles. The fourth-order valence-electron chi connectivity index (χ4n) is 3.04. The van der Waals surface area contributed by atoms with Crippen LogP contribution in [-0.4, -0.2) is 41.0 Å². The molecule has 1 N–H and O–H groups in total. The van der Waals surface area contributed by atoms with Gasteiger partial charge in [-0.3, -0.25) is 0 Å². The number of aromatic nitrogens is 2. The Balaban J connectivity index is 1.59. The van der Waals surface area contributed by atoms with Crippen LogP contribution in [0.15, 0.2) is 24.4 Å². The number of likely N-dealkylation sites (tertiary alicyclic amines) is 1. The Hall–Kier alpha value is -1.39. The maximum absolute atomic E-state index is 4.60. The summed E-state index contributed by atoms with van der Waals surface area (Å²) in [7, 11) is 2.21. The van der Waals surface area contributed by atoms with Crippen LogP contribution in [0, 0.1) is 12.8 Å². The summed E-state index contributed by atoms with van der Waals surface area (Å²) in [6, 6.07) is 6.17. The van der Waals surface area contributed by atoms with Crippen molar-refractivity contribution in [3.63, 3.8) is 0 Å². The number of fused-ring (bicyclic) bond motifs is 1. The van der Waals surface area contributed by atoms with E-state index in [0.29, 0.717) is 0 Å². The van der Waals surface area contributed by atoms with Crippen molar-refractivity contribution in [2.75, 3.05) is 26.7 Å². The molecule has 1 aliphatic rings. The Kier molecular flexibility index (Phi) is 4.03. The zero-order valence-corrected chi connectivity index (χ0v) is 12.5. The van der Waals surface area contributed by atoms with Crippen molar-refractivity contribution in [3.05, 3.63) is 35.8 Å². The highest BCUT2D eigenvalue weighted by atomic mass is 15.1. The van der Waals surface area contributed by atoms with Gasteiger partial charge in [0.1, 0.15) is 5.65 Å². The maximum Gasteiger partial charge on any atom is 0.137 e. The molecule has 1 fully saturated rings. The Labute approximate surface area is 120 Å². The van der Waals surface area contributed by atoms with Gasteiger partial charge in [0.15, 0.2) is 0 Å². The van der Waals surface area contributed by atoms with Gasteiger partial charge >= 0.3 is 0 Å². The molecule has 3 heterocycles. The van der Waals surface area contributed by atoms with Crippen molar-refractivity contribution in [2.24, 2.45) is 5.92 Å². The fourth-order valence-corrected chi connectivity index (χ4v) is 3.04. The van der Waals surface area contributed by atoms with Crippen LogP contribution < -0.4 is 5.32 Å². The smallest absolute Gasteiger partial charge is 0.137 e. The zero-order chi connectivity index (χ0) is 13.9. The molecule has 2 aromatic rings. The number of rotatable bonds is 4. The van der Waals surface area contributed by atoms with E-state index in [0.717, 1.165) is 30.3 Å². The summed E-state index contributed by atoms with van der Waals surface area (Å²) >= 11 is 0. The molecule has 0 aromatic carbocycles. The highest BCUT2D eigenvalue weighted by Crippen LogP contribution is 2.16. The average molecular weight is 272 g/mol. The molecule has 0 aliphatic carbocycles. The number of pyridine rings is 1. The molecule has 20 heavy (non-hydrogen) atoms. The first-order valence-corrected chi connectivity index (χ1v) is 7.56. The van der Waals surface area contributed by atoms with Crippen LogP contribution in [0.4, 0.5) is 0 Å². The van der Waals surface area contributed by atoms with Crippen molar-refractivity contribution in [3.8, 4) is 0 Å². The van der Waals surface area contributed by atoms with E-state index >= 15 is 0 Å². The SMILES string of the molecule is Cc1nc2ccccn2c1CNCC1CCN(C)CC1. The molecule has 4 nitrogen and oxygen atoms in total. The summed E-state index contributed by atoms with van der Waals surface area (Å²) in [5.41, 5.74) is 3.46. The van der Waals surface area contributed by atoms with E-state index in [2.05, 4.69) is 51.9 Å². The predicted molar refractivity (Wildman–Crippen MR) is 81.9 cm³/mol. The topological polar surface area (TPSA) is 32.6 Å². The minimum atomic E-state index is 0.825. The monoisotopic (exact) mass is 272 g/mol. The second-order valence-electron chi connectivity index (χ2n) is 5.95. The van der Waals surface area contributed by atoms with Crippen LogP contribution >= 0.6 is 0 Å². The first kappa shape index (κ1) is 13.6. The molecule has 0 unspecified atom stereocenters. The van der Waals surface area contributed by atoms with Gasteiger partial charge in [-0.2, -0.15) is 0 Å². The van der Waals surface area contributed by atoms with E-state index in [1.807, 2.05) is 6.07 Å². The second kappa shape index (κ2) is 5.94. The standard InChI is InChI=1S/C16H24N4/c1-13-15(20-8-4-3-5-16(20)18-13)12-17-11-14-6-9-19(2)10-7-14/h3-5,8,14,17H,6-7,9-12H2,1-2H3. The fraction of sp³-hybridized carbons (Fsp3) is 0.562. The van der Waals surface area contributed by atoms with E-state index in [1.54, 1.807) is 0 Å². The second-order valence-corrected chi connectivity index (χ2v) is 5.95. The lowest BCUT2D eigenvalue weighted by Crippen LogP contribution is -2.35. The van der Waals surface area contributed by atoms with Crippen LogP contribution in [0.1, 0.15) is 24.2 Å². The van der Waals surface area contributed by atoms with Crippen LogP contribution in [0.25, 0.3) is 5.65 Å². The largest absolute Gasteiger partial charge is 0.311 e. The molecule has 0 spiro atoms. The summed E-state index contributed by atoms with van der Waals surface area (Å²) in [5, 5.41) is 3.63. The number of hydrogen-bond acceptors (Lipinski definition) is 3. The van der Waals surface area contributed by atoms with Crippen LogP contribution in [0.3, 0.4) is 0 Å². The Morgan fingerprint density at radius 2 is 2.10 bits per heavy atom. The van der Waals surface area contributed by atoms with E-state index in [9.17, 15) is 0 Å². The molecule has 0 saturated carbocycles. The summed E-state index contributed by atoms with van der Waals surface area (Å²) in [6.45, 7) is 6.60. The van der Waals surface area contributed by atoms with Gasteiger partial charge in [0.25, 0.3) is 0 Å². The van der Waals surface area contributed by atoms with Gasteiger partial charge in [0, 0.05) is 12.7 Å². The van der Waals surface area contributed by atoms with Gasteiger partial charge in [-0.15, -0.1) is 0 Å². The number of piperidine rings is 1. The number of aryl methyl sites for hydroxylation is 1. The molecule has 3 rings (SSSR count). The normalized spacial score (nSPS) is 17.9. The van der Waals surface area contributed by atoms with Crippen molar-refractivity contribution >= 4 is 5.65 Å². The summed E-state index contributed by atoms with van der Waals surface area (Å²) in [5.74, 6) is 0.825. The highest BCUT2D eigenvalue weighted by molar-refractivity contribution is 5.42. The van der Waals surface area contributed by atoms with Crippen molar-refractivity contribution in [1.29, 1.82) is 0 Å². The van der Waals surface area contributed by atoms with Crippen molar-refractivity contribution in [2.45, 2.75) is 26.3 Å². The minimum absolute atomic E-state index is 0.825. The van der Waals surface area contributed by atoms with Gasteiger partial charge in [0.05, 0.1) is 11.4 Å². The number of nitrogens with zero attached hydrogens (tertiary/aromatic N) is 3. The Morgan fingerprint density at radius 1 is 1.30 bits per heavy atom. The van der Waals surface area contributed by atoms with E-state index < -0.39 is 0 Å². The summed E-state index contributed by atoms with van der Waals surface area (Å²) in [6.07, 6.45) is 4.73. The maximum atomic E-state index is 4.60. The molecule has 0 bridgehead atoms. The minimum Gasteiger partial charge on any atom is -0.311 e. The first-order chi connectivity index (χ1) is 9.74. The lowest BCUT2D eigenvalue weighted by atomic mass is 9.97. The lowest BCUT2D eigenvalue weighted by Gasteiger charge is -2.29. The van der Waals surface area contributed by atoms with Crippen LogP contribution in [0.5, 0.6) is 0 Å². The Bertz CT molecular complexity index is 567. The van der Waals surface area contributed by atoms with E-state index in [4.69, 9.17) is 0 Å². The van der Waals surface area contributed by atoms with Gasteiger partial charge < -0.3 is 14.6 Å². The average Bonchev–Trinajstić information content (AvgIpc) is 2.77. The van der Waals surface area contributed by atoms with Gasteiger partial charge in [-0.05, 0) is 64.5 Å². The van der Waals surface area contributed by atoms with Crippen molar-refractivity contribution in [1.82, 2.24) is 19.6 Å². The first-order valence-electron chi connectivity index (χ1n) is 7.56. The molecule has 108 valence electrons. The number of imidazole rings is 1. The molecule has 0 atom stereocenters. The third-order valence-electron chi connectivity index (χ3n) is 4.39. The van der Waals surface area contributed by atoms with Crippen LogP contribution in [-0.2, 0) is 6.54 Å². The molecule has 2 aromatic heterocycles. The summed E-state index contributed by atoms with van der Waals surface area (Å²) < 4.78 is 2.19. The molecular weight excluding hydrogens is 248 g/mol. The third-order valence-corrected chi connectivity index (χ3v) is 4.39. The van der Waals surface area contributed by atoms with Gasteiger partial charge in [0.2, 0.25) is 0 Å². The summed E-state index contributed by atoms with van der Waals surface area (Å²) in [4.78, 5) is 7.03. The predicted octanol–water partition coefficient (Wildman–Crippen LogP) is 2.07. The third kappa shape index (κ3) is 2.86. The molecular formula is C16H24N4. The quantitative estimate of drug-likeness (QED) is 0.925. The van der Waals surface area contributed by atoms with Gasteiger partial charge in [-0.1, -0.05) is 6.07 Å². The lowest BCUT2D eigenvalue weighted by molar-refractivity contribution is 0.216. The molecule has 1 aliphatic heterocycles.